The Morgan fingerprint density at radius 2 is 1.65 bits per heavy atom. The predicted molar refractivity (Wildman–Crippen MR) is 104 cm³/mol. The molecule has 0 saturated heterocycles. The van der Waals surface area contributed by atoms with E-state index in [2.05, 4.69) is 29.6 Å². The number of rotatable bonds is 6. The summed E-state index contributed by atoms with van der Waals surface area (Å²) < 4.78 is 10.1. The standard InChI is InChI=1S/C22H21NO3/c1-25-21-9-4-3-8-20(21)23-15-16-10-12-17(13-11-16)18-6-5-7-19(14-18)22(24)26-2/h3-14,23H,15H2,1-2H3. The van der Waals surface area contributed by atoms with E-state index < -0.39 is 0 Å². The molecule has 3 aromatic carbocycles. The Balaban J connectivity index is 1.72. The average molecular weight is 347 g/mol. The van der Waals surface area contributed by atoms with E-state index in [1.54, 1.807) is 13.2 Å². The van der Waals surface area contributed by atoms with Gasteiger partial charge >= 0.3 is 5.97 Å². The lowest BCUT2D eigenvalue weighted by molar-refractivity contribution is 0.0601. The van der Waals surface area contributed by atoms with Crippen molar-refractivity contribution in [1.29, 1.82) is 0 Å². The van der Waals surface area contributed by atoms with Crippen LogP contribution in [-0.4, -0.2) is 20.2 Å². The summed E-state index contributed by atoms with van der Waals surface area (Å²) in [6, 6.07) is 23.5. The SMILES string of the molecule is COC(=O)c1cccc(-c2ccc(CNc3ccccc3OC)cc2)c1. The van der Waals surface area contributed by atoms with Gasteiger partial charge in [-0.15, -0.1) is 0 Å². The van der Waals surface area contributed by atoms with Crippen LogP contribution in [-0.2, 0) is 11.3 Å². The van der Waals surface area contributed by atoms with Crippen molar-refractivity contribution in [3.8, 4) is 16.9 Å². The van der Waals surface area contributed by atoms with Gasteiger partial charge in [-0.05, 0) is 41.0 Å². The maximum absolute atomic E-state index is 11.7. The van der Waals surface area contributed by atoms with Gasteiger partial charge in [-0.25, -0.2) is 4.79 Å². The molecule has 0 radical (unpaired) electrons. The van der Waals surface area contributed by atoms with E-state index in [-0.39, 0.29) is 5.97 Å². The van der Waals surface area contributed by atoms with Crippen LogP contribution >= 0.6 is 0 Å². The zero-order chi connectivity index (χ0) is 18.4. The molecule has 3 rings (SSSR count). The number of nitrogens with one attached hydrogen (secondary N) is 1. The van der Waals surface area contributed by atoms with Gasteiger partial charge in [0.25, 0.3) is 0 Å². The third kappa shape index (κ3) is 4.03. The summed E-state index contributed by atoms with van der Waals surface area (Å²) in [7, 11) is 3.05. The highest BCUT2D eigenvalue weighted by Crippen LogP contribution is 2.25. The number of hydrogen-bond donors (Lipinski definition) is 1. The Kier molecular flexibility index (Phi) is 5.54. The summed E-state index contributed by atoms with van der Waals surface area (Å²) in [6.45, 7) is 0.697. The third-order valence-corrected chi connectivity index (χ3v) is 4.16. The molecule has 4 heteroatoms. The lowest BCUT2D eigenvalue weighted by Crippen LogP contribution is -2.01. The van der Waals surface area contributed by atoms with Gasteiger partial charge in [0.15, 0.2) is 0 Å². The van der Waals surface area contributed by atoms with Crippen LogP contribution in [0.1, 0.15) is 15.9 Å². The molecule has 0 aromatic heterocycles. The summed E-state index contributed by atoms with van der Waals surface area (Å²) in [6.07, 6.45) is 0. The maximum atomic E-state index is 11.7. The number of esters is 1. The van der Waals surface area contributed by atoms with Gasteiger partial charge in [0.05, 0.1) is 25.5 Å². The monoisotopic (exact) mass is 347 g/mol. The van der Waals surface area contributed by atoms with Crippen molar-refractivity contribution >= 4 is 11.7 Å². The number of carbonyl (C=O) groups excluding carboxylic acids is 1. The first-order valence-electron chi connectivity index (χ1n) is 8.36. The number of hydrogen-bond acceptors (Lipinski definition) is 4. The molecule has 0 aliphatic heterocycles. The van der Waals surface area contributed by atoms with Crippen molar-refractivity contribution in [2.75, 3.05) is 19.5 Å². The molecule has 1 N–H and O–H groups in total. The van der Waals surface area contributed by atoms with E-state index in [1.807, 2.05) is 42.5 Å². The maximum Gasteiger partial charge on any atom is 0.337 e. The van der Waals surface area contributed by atoms with Crippen LogP contribution in [0.5, 0.6) is 5.75 Å². The molecule has 0 amide bonds. The van der Waals surface area contributed by atoms with Crippen LogP contribution in [0.2, 0.25) is 0 Å². The van der Waals surface area contributed by atoms with Gasteiger partial charge in [-0.2, -0.15) is 0 Å². The molecule has 3 aromatic rings. The molecule has 26 heavy (non-hydrogen) atoms. The summed E-state index contributed by atoms with van der Waals surface area (Å²) >= 11 is 0. The molecule has 0 unspecified atom stereocenters. The van der Waals surface area contributed by atoms with Crippen LogP contribution in [0.15, 0.2) is 72.8 Å². The lowest BCUT2D eigenvalue weighted by atomic mass is 10.0. The highest BCUT2D eigenvalue weighted by Gasteiger charge is 2.07. The van der Waals surface area contributed by atoms with Crippen molar-refractivity contribution in [2.24, 2.45) is 0 Å². The summed E-state index contributed by atoms with van der Waals surface area (Å²) in [4.78, 5) is 11.7. The zero-order valence-electron chi connectivity index (χ0n) is 14.9. The first kappa shape index (κ1) is 17.5. The molecule has 4 nitrogen and oxygen atoms in total. The van der Waals surface area contributed by atoms with Gasteiger partial charge in [0.2, 0.25) is 0 Å². The largest absolute Gasteiger partial charge is 0.495 e. The lowest BCUT2D eigenvalue weighted by Gasteiger charge is -2.11. The van der Waals surface area contributed by atoms with E-state index in [0.717, 1.165) is 28.1 Å². The summed E-state index contributed by atoms with van der Waals surface area (Å²) in [5.41, 5.74) is 4.70. The Bertz CT molecular complexity index is 888. The third-order valence-electron chi connectivity index (χ3n) is 4.16. The molecular weight excluding hydrogens is 326 g/mol. The van der Waals surface area contributed by atoms with E-state index in [1.165, 1.54) is 7.11 Å². The topological polar surface area (TPSA) is 47.6 Å². The zero-order valence-corrected chi connectivity index (χ0v) is 14.9. The van der Waals surface area contributed by atoms with Gasteiger partial charge < -0.3 is 14.8 Å². The van der Waals surface area contributed by atoms with Crippen LogP contribution in [0.3, 0.4) is 0 Å². The number of ether oxygens (including phenoxy) is 2. The van der Waals surface area contributed by atoms with E-state index in [0.29, 0.717) is 12.1 Å². The Hall–Kier alpha value is -3.27. The minimum atomic E-state index is -0.329. The highest BCUT2D eigenvalue weighted by molar-refractivity contribution is 5.90. The number of benzene rings is 3. The second-order valence-electron chi connectivity index (χ2n) is 5.82. The summed E-state index contributed by atoms with van der Waals surface area (Å²) in [5, 5.41) is 3.39. The smallest absolute Gasteiger partial charge is 0.337 e. The fourth-order valence-electron chi connectivity index (χ4n) is 2.75. The molecule has 0 saturated carbocycles. The fourth-order valence-corrected chi connectivity index (χ4v) is 2.75. The first-order valence-corrected chi connectivity index (χ1v) is 8.36. The molecular formula is C22H21NO3. The second-order valence-corrected chi connectivity index (χ2v) is 5.82. The van der Waals surface area contributed by atoms with Crippen LogP contribution < -0.4 is 10.1 Å². The Morgan fingerprint density at radius 1 is 0.885 bits per heavy atom. The number of anilines is 1. The highest BCUT2D eigenvalue weighted by atomic mass is 16.5. The van der Waals surface area contributed by atoms with Crippen LogP contribution in [0.4, 0.5) is 5.69 Å². The second kappa shape index (κ2) is 8.21. The molecule has 132 valence electrons. The van der Waals surface area contributed by atoms with Crippen molar-refractivity contribution in [1.82, 2.24) is 0 Å². The van der Waals surface area contributed by atoms with E-state index in [4.69, 9.17) is 9.47 Å². The van der Waals surface area contributed by atoms with Crippen molar-refractivity contribution in [2.45, 2.75) is 6.54 Å². The van der Waals surface area contributed by atoms with Crippen molar-refractivity contribution in [3.63, 3.8) is 0 Å². The van der Waals surface area contributed by atoms with Crippen molar-refractivity contribution in [3.05, 3.63) is 83.9 Å². The van der Waals surface area contributed by atoms with Crippen molar-refractivity contribution < 1.29 is 14.3 Å². The molecule has 0 bridgehead atoms. The van der Waals surface area contributed by atoms with E-state index >= 15 is 0 Å². The summed E-state index contributed by atoms with van der Waals surface area (Å²) in [5.74, 6) is 0.494. The van der Waals surface area contributed by atoms with Gasteiger partial charge in [0, 0.05) is 6.54 Å². The normalized spacial score (nSPS) is 10.2. The quantitative estimate of drug-likeness (QED) is 0.653. The average Bonchev–Trinajstić information content (AvgIpc) is 2.72. The van der Waals surface area contributed by atoms with Gasteiger partial charge in [0.1, 0.15) is 5.75 Å². The van der Waals surface area contributed by atoms with Gasteiger partial charge in [-0.1, -0.05) is 48.5 Å². The Morgan fingerprint density at radius 3 is 2.38 bits per heavy atom. The van der Waals surface area contributed by atoms with Crippen LogP contribution in [0.25, 0.3) is 11.1 Å². The minimum Gasteiger partial charge on any atom is -0.495 e. The van der Waals surface area contributed by atoms with Crippen LogP contribution in [0, 0.1) is 0 Å². The molecule has 0 aliphatic rings. The first-order chi connectivity index (χ1) is 12.7. The fraction of sp³-hybridized carbons (Fsp3) is 0.136. The molecule has 0 aliphatic carbocycles. The van der Waals surface area contributed by atoms with Gasteiger partial charge in [-0.3, -0.25) is 0 Å². The van der Waals surface area contributed by atoms with E-state index in [9.17, 15) is 4.79 Å². The number of para-hydroxylation sites is 2. The minimum absolute atomic E-state index is 0.329. The number of methoxy groups -OCH3 is 2. The molecule has 0 spiro atoms. The molecule has 0 atom stereocenters. The Labute approximate surface area is 153 Å². The molecule has 0 fully saturated rings. The predicted octanol–water partition coefficient (Wildman–Crippen LogP) is 4.76. The molecule has 0 heterocycles. The number of carbonyl (C=O) groups is 1.